The van der Waals surface area contributed by atoms with E-state index in [4.69, 9.17) is 0 Å². The molecule has 100 valence electrons. The molecular formula is C14H28N2S. The highest BCUT2D eigenvalue weighted by molar-refractivity contribution is 7.99. The molecule has 2 nitrogen and oxygen atoms in total. The predicted molar refractivity (Wildman–Crippen MR) is 77.7 cm³/mol. The Balaban J connectivity index is 1.73. The molecule has 1 aliphatic carbocycles. The molecule has 3 atom stereocenters. The lowest BCUT2D eigenvalue weighted by Crippen LogP contribution is -2.56. The van der Waals surface area contributed by atoms with E-state index in [1.807, 2.05) is 0 Å². The quantitative estimate of drug-likeness (QED) is 0.813. The van der Waals surface area contributed by atoms with Gasteiger partial charge in [0.25, 0.3) is 0 Å². The molecule has 1 N–H and O–H groups in total. The first-order valence-electron chi connectivity index (χ1n) is 7.22. The normalized spacial score (nSPS) is 34.9. The Hall–Kier alpha value is 0.270. The van der Waals surface area contributed by atoms with Gasteiger partial charge < -0.3 is 5.32 Å². The third kappa shape index (κ3) is 3.62. The first kappa shape index (κ1) is 13.7. The Morgan fingerprint density at radius 2 is 2.18 bits per heavy atom. The summed E-state index contributed by atoms with van der Waals surface area (Å²) in [6, 6.07) is 1.68. The second kappa shape index (κ2) is 6.44. The van der Waals surface area contributed by atoms with E-state index in [-0.39, 0.29) is 0 Å². The molecule has 2 aliphatic rings. The van der Waals surface area contributed by atoms with Crippen molar-refractivity contribution in [3.8, 4) is 0 Å². The molecule has 0 aromatic carbocycles. The highest BCUT2D eigenvalue weighted by Crippen LogP contribution is 2.34. The van der Waals surface area contributed by atoms with Crippen molar-refractivity contribution in [2.45, 2.75) is 45.7 Å². The fourth-order valence-electron chi connectivity index (χ4n) is 3.02. The fourth-order valence-corrected chi connectivity index (χ4v) is 4.06. The maximum absolute atomic E-state index is 3.64. The van der Waals surface area contributed by atoms with E-state index in [9.17, 15) is 0 Å². The van der Waals surface area contributed by atoms with Gasteiger partial charge in [-0.2, -0.15) is 11.8 Å². The Labute approximate surface area is 111 Å². The van der Waals surface area contributed by atoms with Crippen LogP contribution in [-0.4, -0.2) is 48.1 Å². The van der Waals surface area contributed by atoms with Crippen molar-refractivity contribution in [1.82, 2.24) is 10.2 Å². The zero-order valence-corrected chi connectivity index (χ0v) is 12.4. The molecule has 0 radical (unpaired) electrons. The summed E-state index contributed by atoms with van der Waals surface area (Å²) < 4.78 is 0. The zero-order valence-electron chi connectivity index (χ0n) is 11.6. The van der Waals surface area contributed by atoms with Crippen LogP contribution in [0.1, 0.15) is 33.6 Å². The second-order valence-electron chi connectivity index (χ2n) is 6.12. The van der Waals surface area contributed by atoms with E-state index >= 15 is 0 Å². The van der Waals surface area contributed by atoms with Gasteiger partial charge in [-0.05, 0) is 44.7 Å². The number of thioether (sulfide) groups is 1. The van der Waals surface area contributed by atoms with Crippen LogP contribution in [0, 0.1) is 11.8 Å². The van der Waals surface area contributed by atoms with Crippen LogP contribution in [-0.2, 0) is 0 Å². The summed E-state index contributed by atoms with van der Waals surface area (Å²) in [5, 5.41) is 3.64. The van der Waals surface area contributed by atoms with Gasteiger partial charge in [0.1, 0.15) is 0 Å². The molecule has 0 aromatic rings. The summed E-state index contributed by atoms with van der Waals surface area (Å²) in [4.78, 5) is 2.78. The minimum Gasteiger partial charge on any atom is -0.316 e. The Bertz CT molecular complexity index is 232. The van der Waals surface area contributed by atoms with Crippen molar-refractivity contribution in [3.63, 3.8) is 0 Å². The van der Waals surface area contributed by atoms with Crippen molar-refractivity contribution >= 4 is 11.8 Å². The van der Waals surface area contributed by atoms with Crippen LogP contribution in [0.4, 0.5) is 0 Å². The number of rotatable bonds is 5. The number of hydrogen-bond donors (Lipinski definition) is 1. The Kier molecular flexibility index (Phi) is 5.19. The predicted octanol–water partition coefficient (Wildman–Crippen LogP) is 2.45. The standard InChI is InChI=1S/C14H28N2S/c1-11(2)8-15-9-13-4-5-14(13)16-6-7-17-10-12(16)3/h11-15H,4-10H2,1-3H3. The average molecular weight is 256 g/mol. The molecule has 1 saturated heterocycles. The molecule has 17 heavy (non-hydrogen) atoms. The molecule has 0 bridgehead atoms. The second-order valence-corrected chi connectivity index (χ2v) is 7.27. The molecule has 0 spiro atoms. The van der Waals surface area contributed by atoms with Crippen LogP contribution < -0.4 is 5.32 Å². The minimum absolute atomic E-state index is 0.777. The summed E-state index contributed by atoms with van der Waals surface area (Å²) >= 11 is 2.12. The fraction of sp³-hybridized carbons (Fsp3) is 1.00. The zero-order chi connectivity index (χ0) is 12.3. The van der Waals surface area contributed by atoms with E-state index < -0.39 is 0 Å². The van der Waals surface area contributed by atoms with Gasteiger partial charge in [0.15, 0.2) is 0 Å². The minimum atomic E-state index is 0.777. The SMILES string of the molecule is CC(C)CNCC1CCC1N1CCSCC1C. The lowest BCUT2D eigenvalue weighted by molar-refractivity contribution is 0.0419. The highest BCUT2D eigenvalue weighted by atomic mass is 32.2. The molecular weight excluding hydrogens is 228 g/mol. The van der Waals surface area contributed by atoms with Gasteiger partial charge in [0, 0.05) is 30.1 Å². The third-order valence-corrected chi connectivity index (χ3v) is 5.37. The molecule has 1 aliphatic heterocycles. The van der Waals surface area contributed by atoms with Gasteiger partial charge in [0.2, 0.25) is 0 Å². The topological polar surface area (TPSA) is 15.3 Å². The number of nitrogens with zero attached hydrogens (tertiary/aromatic N) is 1. The van der Waals surface area contributed by atoms with Crippen molar-refractivity contribution in [2.24, 2.45) is 11.8 Å². The smallest absolute Gasteiger partial charge is 0.0161 e. The maximum atomic E-state index is 3.64. The van der Waals surface area contributed by atoms with Gasteiger partial charge in [-0.1, -0.05) is 13.8 Å². The van der Waals surface area contributed by atoms with Gasteiger partial charge in [-0.15, -0.1) is 0 Å². The first-order valence-corrected chi connectivity index (χ1v) is 8.38. The van der Waals surface area contributed by atoms with Crippen LogP contribution >= 0.6 is 11.8 Å². The summed E-state index contributed by atoms with van der Waals surface area (Å²) in [6.45, 7) is 10.7. The van der Waals surface area contributed by atoms with Crippen molar-refractivity contribution in [1.29, 1.82) is 0 Å². The van der Waals surface area contributed by atoms with E-state index in [0.29, 0.717) is 0 Å². The Morgan fingerprint density at radius 1 is 1.35 bits per heavy atom. The van der Waals surface area contributed by atoms with Crippen LogP contribution in [0.2, 0.25) is 0 Å². The average Bonchev–Trinajstić information content (AvgIpc) is 2.25. The number of hydrogen-bond acceptors (Lipinski definition) is 3. The van der Waals surface area contributed by atoms with Crippen LogP contribution in [0.3, 0.4) is 0 Å². The van der Waals surface area contributed by atoms with Gasteiger partial charge in [0.05, 0.1) is 0 Å². The molecule has 2 rings (SSSR count). The molecule has 3 heteroatoms. The van der Waals surface area contributed by atoms with Crippen molar-refractivity contribution in [3.05, 3.63) is 0 Å². The largest absolute Gasteiger partial charge is 0.316 e. The maximum Gasteiger partial charge on any atom is 0.0161 e. The molecule has 3 unspecified atom stereocenters. The first-order chi connectivity index (χ1) is 8.18. The van der Waals surface area contributed by atoms with Gasteiger partial charge >= 0.3 is 0 Å². The summed E-state index contributed by atoms with van der Waals surface area (Å²) in [6.07, 6.45) is 2.87. The van der Waals surface area contributed by atoms with Gasteiger partial charge in [-0.25, -0.2) is 0 Å². The summed E-state index contributed by atoms with van der Waals surface area (Å²) in [7, 11) is 0. The van der Waals surface area contributed by atoms with Crippen LogP contribution in [0.5, 0.6) is 0 Å². The molecule has 1 heterocycles. The number of nitrogens with one attached hydrogen (secondary N) is 1. The third-order valence-electron chi connectivity index (χ3n) is 4.18. The van der Waals surface area contributed by atoms with E-state index in [0.717, 1.165) is 23.9 Å². The monoisotopic (exact) mass is 256 g/mol. The summed E-state index contributed by atoms with van der Waals surface area (Å²) in [5.41, 5.74) is 0. The lowest BCUT2D eigenvalue weighted by atomic mass is 9.77. The molecule has 0 aromatic heterocycles. The van der Waals surface area contributed by atoms with E-state index in [1.165, 1.54) is 44.0 Å². The molecule has 2 fully saturated rings. The molecule has 1 saturated carbocycles. The lowest BCUT2D eigenvalue weighted by Gasteiger charge is -2.49. The van der Waals surface area contributed by atoms with Crippen molar-refractivity contribution < 1.29 is 0 Å². The Morgan fingerprint density at radius 3 is 2.76 bits per heavy atom. The van der Waals surface area contributed by atoms with Crippen molar-refractivity contribution in [2.75, 3.05) is 31.1 Å². The van der Waals surface area contributed by atoms with Crippen LogP contribution in [0.25, 0.3) is 0 Å². The summed E-state index contributed by atoms with van der Waals surface area (Å²) in [5.74, 6) is 4.37. The van der Waals surface area contributed by atoms with Gasteiger partial charge in [-0.3, -0.25) is 4.90 Å². The highest BCUT2D eigenvalue weighted by Gasteiger charge is 2.37. The van der Waals surface area contributed by atoms with E-state index in [2.05, 4.69) is 42.7 Å². The van der Waals surface area contributed by atoms with E-state index in [1.54, 1.807) is 0 Å². The molecule has 0 amide bonds. The van der Waals surface area contributed by atoms with Crippen LogP contribution in [0.15, 0.2) is 0 Å².